The number of aromatic amines is 1. The summed E-state index contributed by atoms with van der Waals surface area (Å²) in [6.07, 6.45) is -2.97. The van der Waals surface area contributed by atoms with Crippen LogP contribution in [0.5, 0.6) is 0 Å². The number of hydrogen-bond acceptors (Lipinski definition) is 5. The SMILES string of the molecule is COC(=O)Nc1ccc2c(c1)NC(=O)CCCC[C@H](c1ccc(-c3c(F)cccc3C(F)(F)F)c[n+]1[O-])c1nc-2c(C)[nH]1. The molecule has 1 aliphatic heterocycles. The van der Waals surface area contributed by atoms with Gasteiger partial charge in [0.1, 0.15) is 17.6 Å². The van der Waals surface area contributed by atoms with Crippen LogP contribution in [0.15, 0.2) is 54.7 Å². The second-order valence-corrected chi connectivity index (χ2v) is 10.1. The lowest BCUT2D eigenvalue weighted by molar-refractivity contribution is -0.614. The largest absolute Gasteiger partial charge is 0.618 e. The molecule has 224 valence electrons. The van der Waals surface area contributed by atoms with Crippen molar-refractivity contribution in [3.8, 4) is 22.4 Å². The Morgan fingerprint density at radius 3 is 2.67 bits per heavy atom. The first kappa shape index (κ1) is 29.5. The maximum absolute atomic E-state index is 14.6. The predicted octanol–water partition coefficient (Wildman–Crippen LogP) is 6.67. The van der Waals surface area contributed by atoms with Crippen molar-refractivity contribution in [3.05, 3.63) is 88.5 Å². The monoisotopic (exact) mass is 597 g/mol. The molecule has 43 heavy (non-hydrogen) atoms. The second-order valence-electron chi connectivity index (χ2n) is 10.1. The van der Waals surface area contributed by atoms with E-state index in [4.69, 9.17) is 4.98 Å². The van der Waals surface area contributed by atoms with E-state index < -0.39 is 35.1 Å². The van der Waals surface area contributed by atoms with Gasteiger partial charge >= 0.3 is 12.3 Å². The van der Waals surface area contributed by atoms with Crippen LogP contribution in [0.3, 0.4) is 0 Å². The zero-order valence-corrected chi connectivity index (χ0v) is 23.1. The summed E-state index contributed by atoms with van der Waals surface area (Å²) in [5, 5.41) is 18.8. The van der Waals surface area contributed by atoms with Gasteiger partial charge in [0.15, 0.2) is 6.20 Å². The Morgan fingerprint density at radius 2 is 1.95 bits per heavy atom. The minimum absolute atomic E-state index is 0.183. The number of ether oxygens (including phenoxy) is 1. The average molecular weight is 598 g/mol. The summed E-state index contributed by atoms with van der Waals surface area (Å²) in [4.78, 5) is 32.5. The fourth-order valence-corrected chi connectivity index (χ4v) is 5.25. The zero-order valence-electron chi connectivity index (χ0n) is 23.1. The van der Waals surface area contributed by atoms with Crippen molar-refractivity contribution in [1.82, 2.24) is 9.97 Å². The van der Waals surface area contributed by atoms with E-state index in [1.54, 1.807) is 25.1 Å². The summed E-state index contributed by atoms with van der Waals surface area (Å²) in [6, 6.07) is 10.2. The molecule has 1 aliphatic rings. The standard InChI is InChI=1S/C30H27F4N5O4/c1-16-27-19-12-11-18(36-29(41)43-2)14-23(19)37-25(40)9-4-3-6-20(28(35-16)38-27)24-13-10-17(15-39(24)42)26-21(30(32,33)34)7-5-8-22(26)31/h5,7-8,10-15,20H,3-4,6,9H2,1-2H3,(H,35,38)(H,36,41)(H,37,40)/t20-/m1/s1. The van der Waals surface area contributed by atoms with Crippen molar-refractivity contribution in [2.24, 2.45) is 0 Å². The van der Waals surface area contributed by atoms with Crippen molar-refractivity contribution >= 4 is 23.4 Å². The van der Waals surface area contributed by atoms with Crippen LogP contribution in [-0.2, 0) is 15.7 Å². The number of alkyl halides is 3. The average Bonchev–Trinajstić information content (AvgIpc) is 3.33. The molecule has 9 nitrogen and oxygen atoms in total. The molecule has 2 amide bonds. The lowest BCUT2D eigenvalue weighted by Crippen LogP contribution is -2.34. The van der Waals surface area contributed by atoms with E-state index in [0.717, 1.165) is 24.4 Å². The van der Waals surface area contributed by atoms with Crippen LogP contribution in [-0.4, -0.2) is 29.1 Å². The third kappa shape index (κ3) is 6.15. The van der Waals surface area contributed by atoms with E-state index in [0.29, 0.717) is 58.1 Å². The molecule has 2 bridgehead atoms. The van der Waals surface area contributed by atoms with E-state index in [-0.39, 0.29) is 23.6 Å². The molecule has 0 radical (unpaired) electrons. The van der Waals surface area contributed by atoms with E-state index in [9.17, 15) is 32.4 Å². The number of fused-ring (bicyclic) bond motifs is 4. The van der Waals surface area contributed by atoms with Crippen molar-refractivity contribution in [2.45, 2.75) is 44.7 Å². The van der Waals surface area contributed by atoms with Gasteiger partial charge < -0.3 is 20.2 Å². The minimum Gasteiger partial charge on any atom is -0.618 e. The van der Waals surface area contributed by atoms with Crippen LogP contribution in [0.2, 0.25) is 0 Å². The molecule has 0 saturated carbocycles. The zero-order chi connectivity index (χ0) is 30.9. The van der Waals surface area contributed by atoms with E-state index in [1.165, 1.54) is 19.2 Å². The van der Waals surface area contributed by atoms with Crippen molar-refractivity contribution in [1.29, 1.82) is 0 Å². The molecule has 0 spiro atoms. The number of H-pyrrole nitrogens is 1. The molecule has 0 aliphatic carbocycles. The number of benzene rings is 2. The molecule has 3 heterocycles. The first-order valence-corrected chi connectivity index (χ1v) is 13.4. The number of nitrogens with zero attached hydrogens (tertiary/aromatic N) is 2. The molecule has 5 rings (SSSR count). The summed E-state index contributed by atoms with van der Waals surface area (Å²) in [6.45, 7) is 1.78. The van der Waals surface area contributed by atoms with Gasteiger partial charge in [-0.15, -0.1) is 0 Å². The van der Waals surface area contributed by atoms with Gasteiger partial charge in [-0.3, -0.25) is 10.1 Å². The third-order valence-electron chi connectivity index (χ3n) is 7.27. The second kappa shape index (κ2) is 11.7. The molecule has 0 fully saturated rings. The Labute approximate surface area is 243 Å². The van der Waals surface area contributed by atoms with Gasteiger partial charge in [-0.1, -0.05) is 12.5 Å². The normalized spacial score (nSPS) is 15.5. The Balaban J connectivity index is 1.57. The number of nitrogens with one attached hydrogen (secondary N) is 3. The fraction of sp³-hybridized carbons (Fsp3) is 0.267. The van der Waals surface area contributed by atoms with Gasteiger partial charge in [0.2, 0.25) is 11.6 Å². The van der Waals surface area contributed by atoms with E-state index in [2.05, 4.69) is 20.4 Å². The van der Waals surface area contributed by atoms with Crippen molar-refractivity contribution in [2.75, 3.05) is 17.7 Å². The molecule has 0 saturated heterocycles. The van der Waals surface area contributed by atoms with Gasteiger partial charge in [0.25, 0.3) is 0 Å². The molecule has 2 aromatic carbocycles. The van der Waals surface area contributed by atoms with Gasteiger partial charge in [0, 0.05) is 35.0 Å². The number of carbonyl (C=O) groups is 2. The van der Waals surface area contributed by atoms with Crippen LogP contribution in [0.25, 0.3) is 22.4 Å². The van der Waals surface area contributed by atoms with Crippen LogP contribution < -0.4 is 15.4 Å². The first-order chi connectivity index (χ1) is 20.5. The Morgan fingerprint density at radius 1 is 1.16 bits per heavy atom. The molecule has 0 unspecified atom stereocenters. The topological polar surface area (TPSA) is 123 Å². The molecular formula is C30H27F4N5O4. The number of carbonyl (C=O) groups excluding carboxylic acids is 2. The highest BCUT2D eigenvalue weighted by molar-refractivity contribution is 5.97. The summed E-state index contributed by atoms with van der Waals surface area (Å²) < 4.78 is 60.6. The number of methoxy groups -OCH3 is 1. The molecule has 1 atom stereocenters. The van der Waals surface area contributed by atoms with Crippen LogP contribution in [0.1, 0.15) is 54.4 Å². The van der Waals surface area contributed by atoms with Crippen LogP contribution in [0, 0.1) is 17.9 Å². The van der Waals surface area contributed by atoms with Gasteiger partial charge in [-0.25, -0.2) is 14.2 Å². The highest BCUT2D eigenvalue weighted by Gasteiger charge is 2.36. The van der Waals surface area contributed by atoms with E-state index in [1.807, 2.05) is 0 Å². The first-order valence-electron chi connectivity index (χ1n) is 13.4. The van der Waals surface area contributed by atoms with Gasteiger partial charge in [0.05, 0.1) is 29.6 Å². The Hall–Kier alpha value is -4.94. The molecular weight excluding hydrogens is 570 g/mol. The highest BCUT2D eigenvalue weighted by Crippen LogP contribution is 2.39. The lowest BCUT2D eigenvalue weighted by atomic mass is 9.94. The van der Waals surface area contributed by atoms with Gasteiger partial charge in [-0.05, 0) is 56.2 Å². The quantitative estimate of drug-likeness (QED) is 0.138. The van der Waals surface area contributed by atoms with Gasteiger partial charge in [-0.2, -0.15) is 17.9 Å². The number of hydrogen-bond donors (Lipinski definition) is 3. The molecule has 13 heteroatoms. The summed E-state index contributed by atoms with van der Waals surface area (Å²) in [5.74, 6) is -1.51. The number of anilines is 2. The number of aromatic nitrogens is 3. The van der Waals surface area contributed by atoms with Crippen LogP contribution >= 0.6 is 0 Å². The third-order valence-corrected chi connectivity index (χ3v) is 7.27. The number of imidazole rings is 1. The maximum atomic E-state index is 14.6. The fourth-order valence-electron chi connectivity index (χ4n) is 5.25. The van der Waals surface area contributed by atoms with Crippen molar-refractivity contribution < 1.29 is 36.6 Å². The Kier molecular flexibility index (Phi) is 8.07. The molecule has 3 N–H and O–H groups in total. The number of rotatable bonds is 3. The summed E-state index contributed by atoms with van der Waals surface area (Å²) >= 11 is 0. The highest BCUT2D eigenvalue weighted by atomic mass is 19.4. The molecule has 2 aromatic heterocycles. The number of amides is 2. The van der Waals surface area contributed by atoms with Crippen LogP contribution in [0.4, 0.5) is 33.7 Å². The molecule has 4 aromatic rings. The van der Waals surface area contributed by atoms with E-state index >= 15 is 0 Å². The Bertz CT molecular complexity index is 1700. The lowest BCUT2D eigenvalue weighted by Gasteiger charge is -2.18. The summed E-state index contributed by atoms with van der Waals surface area (Å²) in [5.41, 5.74) is 0.598. The van der Waals surface area contributed by atoms with Crippen molar-refractivity contribution in [3.63, 3.8) is 0 Å². The number of aryl methyl sites for hydroxylation is 1. The smallest absolute Gasteiger partial charge is 0.417 e. The summed E-state index contributed by atoms with van der Waals surface area (Å²) in [7, 11) is 1.23. The maximum Gasteiger partial charge on any atom is 0.417 e. The number of halogens is 4. The number of pyridine rings is 1. The predicted molar refractivity (Wildman–Crippen MR) is 150 cm³/mol. The minimum atomic E-state index is -4.82.